The van der Waals surface area contributed by atoms with E-state index in [4.69, 9.17) is 5.73 Å². The summed E-state index contributed by atoms with van der Waals surface area (Å²) in [5.74, 6) is 0.331. The largest absolute Gasteiger partial charge is 0.383 e. The lowest BCUT2D eigenvalue weighted by Crippen LogP contribution is -2.24. The van der Waals surface area contributed by atoms with E-state index < -0.39 is 10.0 Å². The summed E-state index contributed by atoms with van der Waals surface area (Å²) in [5, 5.41) is 0. The quantitative estimate of drug-likeness (QED) is 0.731. The van der Waals surface area contributed by atoms with Crippen LogP contribution in [0.25, 0.3) is 0 Å². The van der Waals surface area contributed by atoms with Crippen LogP contribution in [0.1, 0.15) is 5.56 Å². The Morgan fingerprint density at radius 2 is 2.33 bits per heavy atom. The van der Waals surface area contributed by atoms with Crippen molar-refractivity contribution in [3.05, 3.63) is 30.5 Å². The fourth-order valence-corrected chi connectivity index (χ4v) is 1.99. The summed E-state index contributed by atoms with van der Waals surface area (Å²) in [4.78, 5) is 3.89. The van der Waals surface area contributed by atoms with Crippen LogP contribution < -0.4 is 10.5 Å². The van der Waals surface area contributed by atoms with E-state index in [2.05, 4.69) is 16.3 Å². The number of aromatic nitrogens is 1. The Kier molecular flexibility index (Phi) is 3.43. The zero-order valence-electron chi connectivity index (χ0n) is 8.40. The van der Waals surface area contributed by atoms with Gasteiger partial charge in [-0.15, -0.1) is 6.58 Å². The number of sulfonamides is 1. The number of rotatable bonds is 4. The molecule has 82 valence electrons. The second-order valence-corrected chi connectivity index (χ2v) is 4.78. The zero-order valence-corrected chi connectivity index (χ0v) is 9.21. The molecule has 1 aromatic rings. The van der Waals surface area contributed by atoms with Crippen molar-refractivity contribution < 1.29 is 8.42 Å². The molecule has 5 nitrogen and oxygen atoms in total. The third-order valence-electron chi connectivity index (χ3n) is 1.82. The average molecular weight is 227 g/mol. The van der Waals surface area contributed by atoms with E-state index in [1.54, 1.807) is 6.92 Å². The molecule has 0 aliphatic rings. The summed E-state index contributed by atoms with van der Waals surface area (Å²) in [5.41, 5.74) is 6.13. The number of nitrogens with one attached hydrogen (secondary N) is 1. The van der Waals surface area contributed by atoms with Crippen LogP contribution in [0.5, 0.6) is 0 Å². The van der Waals surface area contributed by atoms with Gasteiger partial charge in [0.05, 0.1) is 0 Å². The second kappa shape index (κ2) is 4.41. The zero-order chi connectivity index (χ0) is 11.5. The molecule has 0 unspecified atom stereocenters. The number of hydrogen-bond donors (Lipinski definition) is 2. The van der Waals surface area contributed by atoms with Crippen LogP contribution in [0.15, 0.2) is 29.8 Å². The Hall–Kier alpha value is -1.40. The fraction of sp³-hybridized carbons (Fsp3) is 0.222. The maximum atomic E-state index is 11.6. The van der Waals surface area contributed by atoms with Gasteiger partial charge in [-0.05, 0) is 18.6 Å². The second-order valence-electron chi connectivity index (χ2n) is 3.01. The van der Waals surface area contributed by atoms with Crippen LogP contribution in [0.3, 0.4) is 0 Å². The highest BCUT2D eigenvalue weighted by Gasteiger charge is 2.13. The van der Waals surface area contributed by atoms with E-state index in [1.165, 1.54) is 18.3 Å². The molecule has 3 N–H and O–H groups in total. The third kappa shape index (κ3) is 2.77. The van der Waals surface area contributed by atoms with Crippen molar-refractivity contribution >= 4 is 15.8 Å². The van der Waals surface area contributed by atoms with E-state index in [0.29, 0.717) is 11.4 Å². The minimum Gasteiger partial charge on any atom is -0.383 e. The fourth-order valence-electron chi connectivity index (χ4n) is 0.959. The molecule has 0 spiro atoms. The predicted octanol–water partition coefficient (Wildman–Crippen LogP) is 0.437. The van der Waals surface area contributed by atoms with E-state index >= 15 is 0 Å². The highest BCUT2D eigenvalue weighted by molar-refractivity contribution is 7.89. The molecule has 0 saturated heterocycles. The van der Waals surface area contributed by atoms with Crippen molar-refractivity contribution in [1.29, 1.82) is 0 Å². The molecule has 0 aromatic carbocycles. The molecule has 1 rings (SSSR count). The average Bonchev–Trinajstić information content (AvgIpc) is 2.19. The molecule has 6 heteroatoms. The summed E-state index contributed by atoms with van der Waals surface area (Å²) in [7, 11) is -3.50. The lowest BCUT2D eigenvalue weighted by molar-refractivity contribution is 0.585. The van der Waals surface area contributed by atoms with Crippen molar-refractivity contribution in [2.24, 2.45) is 0 Å². The number of pyridine rings is 1. The van der Waals surface area contributed by atoms with Gasteiger partial charge in [-0.2, -0.15) is 0 Å². The Morgan fingerprint density at radius 1 is 1.67 bits per heavy atom. The minimum atomic E-state index is -3.50. The molecular weight excluding hydrogens is 214 g/mol. The smallest absolute Gasteiger partial charge is 0.242 e. The first-order chi connectivity index (χ1) is 6.97. The lowest BCUT2D eigenvalue weighted by atomic mass is 10.3. The Labute approximate surface area is 89.1 Å². The van der Waals surface area contributed by atoms with Crippen molar-refractivity contribution in [2.75, 3.05) is 12.3 Å². The van der Waals surface area contributed by atoms with Crippen LogP contribution in [-0.2, 0) is 10.0 Å². The van der Waals surface area contributed by atoms with Gasteiger partial charge >= 0.3 is 0 Å². The maximum Gasteiger partial charge on any atom is 0.242 e. The van der Waals surface area contributed by atoms with Gasteiger partial charge in [-0.3, -0.25) is 0 Å². The minimum absolute atomic E-state index is 0.107. The highest BCUT2D eigenvalue weighted by atomic mass is 32.2. The van der Waals surface area contributed by atoms with Gasteiger partial charge < -0.3 is 5.73 Å². The molecule has 0 aliphatic heterocycles. The molecule has 0 atom stereocenters. The SMILES string of the molecule is C=CCNS(=O)(=O)c1cnc(N)c(C)c1. The maximum absolute atomic E-state index is 11.6. The van der Waals surface area contributed by atoms with Crippen LogP contribution in [0.2, 0.25) is 0 Å². The number of hydrogen-bond acceptors (Lipinski definition) is 4. The van der Waals surface area contributed by atoms with Crippen LogP contribution >= 0.6 is 0 Å². The van der Waals surface area contributed by atoms with Crippen molar-refractivity contribution in [2.45, 2.75) is 11.8 Å². The first kappa shape index (κ1) is 11.7. The van der Waals surface area contributed by atoms with E-state index in [0.717, 1.165) is 0 Å². The Morgan fingerprint density at radius 3 is 2.87 bits per heavy atom. The van der Waals surface area contributed by atoms with Gasteiger partial charge in [-0.25, -0.2) is 18.1 Å². The molecule has 15 heavy (non-hydrogen) atoms. The Balaban J connectivity index is 3.05. The van der Waals surface area contributed by atoms with E-state index in [9.17, 15) is 8.42 Å². The van der Waals surface area contributed by atoms with Crippen LogP contribution in [0, 0.1) is 6.92 Å². The normalized spacial score (nSPS) is 11.3. The van der Waals surface area contributed by atoms with Gasteiger partial charge in [-0.1, -0.05) is 6.08 Å². The van der Waals surface area contributed by atoms with Gasteiger partial charge in [0.2, 0.25) is 10.0 Å². The first-order valence-corrected chi connectivity index (χ1v) is 5.78. The highest BCUT2D eigenvalue weighted by Crippen LogP contribution is 2.13. The number of aryl methyl sites for hydroxylation is 1. The lowest BCUT2D eigenvalue weighted by Gasteiger charge is -2.05. The molecule has 0 aliphatic carbocycles. The first-order valence-electron chi connectivity index (χ1n) is 4.30. The van der Waals surface area contributed by atoms with Gasteiger partial charge in [0.15, 0.2) is 0 Å². The van der Waals surface area contributed by atoms with Crippen molar-refractivity contribution in [3.63, 3.8) is 0 Å². The molecule has 0 amide bonds. The molecule has 0 fully saturated rings. The molecule has 0 saturated carbocycles. The summed E-state index contributed by atoms with van der Waals surface area (Å²) < 4.78 is 25.6. The van der Waals surface area contributed by atoms with E-state index in [1.807, 2.05) is 0 Å². The molecule has 1 aromatic heterocycles. The van der Waals surface area contributed by atoms with Gasteiger partial charge in [0.1, 0.15) is 10.7 Å². The third-order valence-corrected chi connectivity index (χ3v) is 3.21. The van der Waals surface area contributed by atoms with Gasteiger partial charge in [0.25, 0.3) is 0 Å². The standard InChI is InChI=1S/C9H13N3O2S/c1-3-4-12-15(13,14)8-5-7(2)9(10)11-6-8/h3,5-6,12H,1,4H2,2H3,(H2,10,11). The Bertz CT molecular complexity index is 468. The van der Waals surface area contributed by atoms with Crippen LogP contribution in [-0.4, -0.2) is 19.9 Å². The molecular formula is C9H13N3O2S. The van der Waals surface area contributed by atoms with Crippen LogP contribution in [0.4, 0.5) is 5.82 Å². The number of nitrogens with zero attached hydrogens (tertiary/aromatic N) is 1. The summed E-state index contributed by atoms with van der Waals surface area (Å²) in [6.45, 7) is 5.32. The molecule has 0 bridgehead atoms. The van der Waals surface area contributed by atoms with E-state index in [-0.39, 0.29) is 11.4 Å². The number of nitrogen functional groups attached to an aromatic ring is 1. The van der Waals surface area contributed by atoms with Crippen molar-refractivity contribution in [1.82, 2.24) is 9.71 Å². The van der Waals surface area contributed by atoms with Gasteiger partial charge in [0, 0.05) is 12.7 Å². The molecule has 0 radical (unpaired) electrons. The molecule has 1 heterocycles. The summed E-state index contributed by atoms with van der Waals surface area (Å²) >= 11 is 0. The summed E-state index contributed by atoms with van der Waals surface area (Å²) in [6, 6.07) is 1.48. The van der Waals surface area contributed by atoms with Crippen molar-refractivity contribution in [3.8, 4) is 0 Å². The number of anilines is 1. The monoisotopic (exact) mass is 227 g/mol. The topological polar surface area (TPSA) is 85.1 Å². The number of nitrogens with two attached hydrogens (primary N) is 1. The summed E-state index contributed by atoms with van der Waals surface area (Å²) in [6.07, 6.45) is 2.70. The predicted molar refractivity (Wildman–Crippen MR) is 58.8 cm³/mol.